The molecule has 1 N–H and O–H groups in total. The molecule has 0 radical (unpaired) electrons. The predicted octanol–water partition coefficient (Wildman–Crippen LogP) is 2.87. The van der Waals surface area contributed by atoms with Crippen molar-refractivity contribution in [3.63, 3.8) is 0 Å². The molecule has 108 valence electrons. The molecule has 0 amide bonds. The monoisotopic (exact) mass is 344 g/mol. The first-order valence-corrected chi connectivity index (χ1v) is 5.97. The van der Waals surface area contributed by atoms with E-state index in [4.69, 9.17) is 14.6 Å². The molecule has 0 aliphatic carbocycles. The van der Waals surface area contributed by atoms with E-state index in [1.165, 1.54) is 13.2 Å². The molecule has 1 aromatic rings. The number of hydrogen-bond donors (Lipinski definition) is 1. The molecule has 1 aromatic carbocycles. The van der Waals surface area contributed by atoms with E-state index in [0.717, 1.165) is 0 Å². The third-order valence-electron chi connectivity index (χ3n) is 2.07. The van der Waals surface area contributed by atoms with Crippen molar-refractivity contribution < 1.29 is 32.5 Å². The van der Waals surface area contributed by atoms with Crippen molar-refractivity contribution in [2.45, 2.75) is 13.0 Å². The maximum Gasteiger partial charge on any atom is 0.522 e. The van der Waals surface area contributed by atoms with Crippen molar-refractivity contribution in [2.75, 3.05) is 20.3 Å². The predicted molar refractivity (Wildman–Crippen MR) is 64.1 cm³/mol. The number of ether oxygens (including phenoxy) is 3. The highest BCUT2D eigenvalue weighted by atomic mass is 79.9. The summed E-state index contributed by atoms with van der Waals surface area (Å²) in [6.45, 7) is -1.10. The summed E-state index contributed by atoms with van der Waals surface area (Å²) in [7, 11) is 1.39. The highest BCUT2D eigenvalue weighted by Gasteiger charge is 2.28. The summed E-state index contributed by atoms with van der Waals surface area (Å²) in [5.74, 6) is 0.566. The lowest BCUT2D eigenvalue weighted by molar-refractivity contribution is -0.325. The Hall–Kier alpha value is -0.990. The second-order valence-corrected chi connectivity index (χ2v) is 4.26. The SMILES string of the molecule is COc1cc(CO)cc(Br)c1OCCOC(F)(F)F. The van der Waals surface area contributed by atoms with Crippen LogP contribution in [0.25, 0.3) is 0 Å². The molecule has 0 aromatic heterocycles. The average molecular weight is 345 g/mol. The van der Waals surface area contributed by atoms with Crippen LogP contribution in [0.1, 0.15) is 5.56 Å². The van der Waals surface area contributed by atoms with Gasteiger partial charge in [-0.15, -0.1) is 13.2 Å². The van der Waals surface area contributed by atoms with Crippen molar-refractivity contribution in [1.82, 2.24) is 0 Å². The average Bonchev–Trinajstić information content (AvgIpc) is 2.34. The number of aliphatic hydroxyl groups is 1. The van der Waals surface area contributed by atoms with E-state index in [0.29, 0.717) is 15.8 Å². The van der Waals surface area contributed by atoms with Crippen LogP contribution < -0.4 is 9.47 Å². The van der Waals surface area contributed by atoms with E-state index in [9.17, 15) is 13.2 Å². The van der Waals surface area contributed by atoms with Crippen molar-refractivity contribution >= 4 is 15.9 Å². The molecule has 0 heterocycles. The topological polar surface area (TPSA) is 47.9 Å². The summed E-state index contributed by atoms with van der Waals surface area (Å²) in [6, 6.07) is 3.12. The molecule has 0 atom stereocenters. The van der Waals surface area contributed by atoms with E-state index in [-0.39, 0.29) is 19.0 Å². The van der Waals surface area contributed by atoms with Crippen LogP contribution in [0.3, 0.4) is 0 Å². The summed E-state index contributed by atoms with van der Waals surface area (Å²) in [4.78, 5) is 0. The lowest BCUT2D eigenvalue weighted by Crippen LogP contribution is -2.18. The molecule has 0 aliphatic heterocycles. The van der Waals surface area contributed by atoms with E-state index < -0.39 is 13.0 Å². The highest BCUT2D eigenvalue weighted by Crippen LogP contribution is 2.36. The van der Waals surface area contributed by atoms with Crippen LogP contribution in [0, 0.1) is 0 Å². The number of aliphatic hydroxyl groups excluding tert-OH is 1. The zero-order valence-corrected chi connectivity index (χ0v) is 11.5. The minimum Gasteiger partial charge on any atom is -0.493 e. The van der Waals surface area contributed by atoms with Crippen LogP contribution in [0.2, 0.25) is 0 Å². The van der Waals surface area contributed by atoms with Gasteiger partial charge in [-0.05, 0) is 33.6 Å². The Morgan fingerprint density at radius 2 is 1.95 bits per heavy atom. The van der Waals surface area contributed by atoms with Crippen molar-refractivity contribution in [3.05, 3.63) is 22.2 Å². The number of hydrogen-bond acceptors (Lipinski definition) is 4. The Balaban J connectivity index is 2.67. The summed E-state index contributed by atoms with van der Waals surface area (Å²) in [6.07, 6.45) is -4.68. The van der Waals surface area contributed by atoms with Gasteiger partial charge in [-0.1, -0.05) is 0 Å². The van der Waals surface area contributed by atoms with Crippen LogP contribution in [0.4, 0.5) is 13.2 Å². The van der Waals surface area contributed by atoms with Gasteiger partial charge in [0.25, 0.3) is 0 Å². The standard InChI is InChI=1S/C11H12BrF3O4/c1-17-9-5-7(6-16)4-8(12)10(9)18-2-3-19-11(13,14)15/h4-5,16H,2-3,6H2,1H3. The van der Waals surface area contributed by atoms with Gasteiger partial charge in [-0.2, -0.15) is 0 Å². The van der Waals surface area contributed by atoms with Gasteiger partial charge >= 0.3 is 6.36 Å². The van der Waals surface area contributed by atoms with Gasteiger partial charge in [0, 0.05) is 0 Å². The molecule has 0 saturated carbocycles. The summed E-state index contributed by atoms with van der Waals surface area (Å²) >= 11 is 3.19. The smallest absolute Gasteiger partial charge is 0.493 e. The van der Waals surface area contributed by atoms with Crippen LogP contribution in [0.15, 0.2) is 16.6 Å². The van der Waals surface area contributed by atoms with Gasteiger partial charge in [0.2, 0.25) is 0 Å². The van der Waals surface area contributed by atoms with Crippen molar-refractivity contribution in [2.24, 2.45) is 0 Å². The van der Waals surface area contributed by atoms with E-state index >= 15 is 0 Å². The fourth-order valence-corrected chi connectivity index (χ4v) is 1.91. The van der Waals surface area contributed by atoms with Crippen LogP contribution in [-0.4, -0.2) is 31.8 Å². The summed E-state index contributed by atoms with van der Waals surface area (Å²) in [5.41, 5.74) is 0.586. The number of rotatable bonds is 6. The molecular formula is C11H12BrF3O4. The molecule has 4 nitrogen and oxygen atoms in total. The first-order valence-electron chi connectivity index (χ1n) is 5.18. The molecule has 1 rings (SSSR count). The lowest BCUT2D eigenvalue weighted by Gasteiger charge is -2.14. The zero-order chi connectivity index (χ0) is 14.5. The molecule has 0 fully saturated rings. The number of methoxy groups -OCH3 is 1. The molecule has 19 heavy (non-hydrogen) atoms. The Morgan fingerprint density at radius 1 is 1.26 bits per heavy atom. The van der Waals surface area contributed by atoms with Crippen molar-refractivity contribution in [3.8, 4) is 11.5 Å². The van der Waals surface area contributed by atoms with E-state index in [1.807, 2.05) is 0 Å². The molecular weight excluding hydrogens is 333 g/mol. The Morgan fingerprint density at radius 3 is 2.47 bits per heavy atom. The van der Waals surface area contributed by atoms with Gasteiger partial charge < -0.3 is 14.6 Å². The third-order valence-corrected chi connectivity index (χ3v) is 2.66. The summed E-state index contributed by atoms with van der Waals surface area (Å²) < 4.78 is 49.6. The van der Waals surface area contributed by atoms with Crippen LogP contribution in [0.5, 0.6) is 11.5 Å². The molecule has 0 bridgehead atoms. The minimum atomic E-state index is -4.68. The first-order chi connectivity index (χ1) is 8.87. The van der Waals surface area contributed by atoms with E-state index in [1.54, 1.807) is 6.07 Å². The fourth-order valence-electron chi connectivity index (χ4n) is 1.31. The summed E-state index contributed by atoms with van der Waals surface area (Å²) in [5, 5.41) is 9.01. The Kier molecular flexibility index (Phi) is 5.89. The normalized spacial score (nSPS) is 11.5. The lowest BCUT2D eigenvalue weighted by atomic mass is 10.2. The number of halogens is 4. The second kappa shape index (κ2) is 6.97. The maximum absolute atomic E-state index is 11.8. The second-order valence-electron chi connectivity index (χ2n) is 3.41. The van der Waals surface area contributed by atoms with Gasteiger partial charge in [-0.3, -0.25) is 4.74 Å². The molecule has 0 saturated heterocycles. The molecule has 0 aliphatic rings. The first kappa shape index (κ1) is 16.1. The van der Waals surface area contributed by atoms with Crippen molar-refractivity contribution in [1.29, 1.82) is 0 Å². The largest absolute Gasteiger partial charge is 0.522 e. The van der Waals surface area contributed by atoms with Gasteiger partial charge in [-0.25, -0.2) is 0 Å². The molecule has 8 heteroatoms. The van der Waals surface area contributed by atoms with Gasteiger partial charge in [0.15, 0.2) is 11.5 Å². The Labute approximate surface area is 116 Å². The number of alkyl halides is 3. The van der Waals surface area contributed by atoms with Crippen LogP contribution in [-0.2, 0) is 11.3 Å². The molecule has 0 unspecified atom stereocenters. The van der Waals surface area contributed by atoms with Gasteiger partial charge in [0.05, 0.1) is 24.8 Å². The van der Waals surface area contributed by atoms with Gasteiger partial charge in [0.1, 0.15) is 6.61 Å². The minimum absolute atomic E-state index is 0.188. The maximum atomic E-state index is 11.8. The quantitative estimate of drug-likeness (QED) is 0.806. The third kappa shape index (κ3) is 5.25. The zero-order valence-electron chi connectivity index (χ0n) is 9.96. The highest BCUT2D eigenvalue weighted by molar-refractivity contribution is 9.10. The number of benzene rings is 1. The van der Waals surface area contributed by atoms with E-state index in [2.05, 4.69) is 20.7 Å². The van der Waals surface area contributed by atoms with Crippen LogP contribution >= 0.6 is 15.9 Å². The fraction of sp³-hybridized carbons (Fsp3) is 0.455. The Bertz CT molecular complexity index is 423. The molecule has 0 spiro atoms.